The number of aromatic amines is 1. The average molecular weight is 339 g/mol. The first-order chi connectivity index (χ1) is 12.0. The quantitative estimate of drug-likeness (QED) is 0.760. The fourth-order valence-corrected chi connectivity index (χ4v) is 2.57. The first-order valence-electron chi connectivity index (χ1n) is 7.70. The summed E-state index contributed by atoms with van der Waals surface area (Å²) in [5, 5.41) is 2.74. The molecule has 25 heavy (non-hydrogen) atoms. The van der Waals surface area contributed by atoms with Gasteiger partial charge in [-0.2, -0.15) is 0 Å². The third-order valence-corrected chi connectivity index (χ3v) is 3.92. The molecule has 0 aliphatic rings. The van der Waals surface area contributed by atoms with E-state index < -0.39 is 17.2 Å². The minimum absolute atomic E-state index is 0.0499. The zero-order valence-corrected chi connectivity index (χ0v) is 13.8. The predicted molar refractivity (Wildman–Crippen MR) is 93.0 cm³/mol. The van der Waals surface area contributed by atoms with Gasteiger partial charge in [-0.1, -0.05) is 18.2 Å². The number of hydrogen-bond acceptors (Lipinski definition) is 4. The summed E-state index contributed by atoms with van der Waals surface area (Å²) in [4.78, 5) is 39.5. The van der Waals surface area contributed by atoms with E-state index >= 15 is 0 Å². The van der Waals surface area contributed by atoms with Crippen molar-refractivity contribution in [1.82, 2.24) is 9.55 Å². The van der Waals surface area contributed by atoms with E-state index in [-0.39, 0.29) is 12.1 Å². The number of rotatable bonds is 4. The van der Waals surface area contributed by atoms with Crippen molar-refractivity contribution in [3.63, 3.8) is 0 Å². The molecule has 1 amide bonds. The Balaban J connectivity index is 1.96. The molecular weight excluding hydrogens is 322 g/mol. The van der Waals surface area contributed by atoms with Gasteiger partial charge in [0, 0.05) is 11.9 Å². The van der Waals surface area contributed by atoms with Gasteiger partial charge in [-0.25, -0.2) is 4.79 Å². The SMILES string of the molecule is Cc1cccc(C)c1NC(=O)c1c[nH]c(=O)n(Cc2ccco2)c1=O. The molecule has 0 aliphatic carbocycles. The summed E-state index contributed by atoms with van der Waals surface area (Å²) in [6, 6.07) is 8.92. The van der Waals surface area contributed by atoms with Gasteiger partial charge < -0.3 is 14.7 Å². The lowest BCUT2D eigenvalue weighted by Gasteiger charge is -2.11. The number of para-hydroxylation sites is 1. The number of carbonyl (C=O) groups excluding carboxylic acids is 1. The van der Waals surface area contributed by atoms with Crippen molar-refractivity contribution in [1.29, 1.82) is 0 Å². The fraction of sp³-hybridized carbons (Fsp3) is 0.167. The number of anilines is 1. The number of benzene rings is 1. The topological polar surface area (TPSA) is 97.1 Å². The van der Waals surface area contributed by atoms with Crippen LogP contribution in [0.3, 0.4) is 0 Å². The van der Waals surface area contributed by atoms with Gasteiger partial charge in [-0.05, 0) is 37.1 Å². The highest BCUT2D eigenvalue weighted by molar-refractivity contribution is 6.04. The second-order valence-corrected chi connectivity index (χ2v) is 5.70. The van der Waals surface area contributed by atoms with E-state index in [0.717, 1.165) is 21.9 Å². The Morgan fingerprint density at radius 3 is 2.52 bits per heavy atom. The molecule has 0 unspecified atom stereocenters. The number of nitrogens with zero attached hydrogens (tertiary/aromatic N) is 1. The molecule has 2 N–H and O–H groups in total. The van der Waals surface area contributed by atoms with Crippen molar-refractivity contribution in [3.05, 3.63) is 86.1 Å². The van der Waals surface area contributed by atoms with E-state index in [1.807, 2.05) is 32.0 Å². The second-order valence-electron chi connectivity index (χ2n) is 5.70. The van der Waals surface area contributed by atoms with Gasteiger partial charge in [-0.3, -0.25) is 14.2 Å². The highest BCUT2D eigenvalue weighted by Crippen LogP contribution is 2.19. The van der Waals surface area contributed by atoms with Crippen molar-refractivity contribution in [2.24, 2.45) is 0 Å². The zero-order valence-electron chi connectivity index (χ0n) is 13.8. The van der Waals surface area contributed by atoms with Crippen LogP contribution in [-0.4, -0.2) is 15.5 Å². The molecule has 2 heterocycles. The maximum Gasteiger partial charge on any atom is 0.328 e. The third kappa shape index (κ3) is 3.30. The normalized spacial score (nSPS) is 10.6. The van der Waals surface area contributed by atoms with E-state index in [0.29, 0.717) is 11.4 Å². The summed E-state index contributed by atoms with van der Waals surface area (Å²) in [6.45, 7) is 3.68. The molecule has 128 valence electrons. The monoisotopic (exact) mass is 339 g/mol. The van der Waals surface area contributed by atoms with Crippen molar-refractivity contribution in [2.75, 3.05) is 5.32 Å². The number of aryl methyl sites for hydroxylation is 2. The number of nitrogens with one attached hydrogen (secondary N) is 2. The van der Waals surface area contributed by atoms with E-state index in [2.05, 4.69) is 10.3 Å². The molecule has 1 aromatic carbocycles. The van der Waals surface area contributed by atoms with Gasteiger partial charge in [0.05, 0.1) is 12.8 Å². The molecule has 0 aliphatic heterocycles. The zero-order chi connectivity index (χ0) is 18.0. The molecule has 3 rings (SSSR count). The van der Waals surface area contributed by atoms with Crippen molar-refractivity contribution < 1.29 is 9.21 Å². The highest BCUT2D eigenvalue weighted by Gasteiger charge is 2.17. The number of H-pyrrole nitrogens is 1. The summed E-state index contributed by atoms with van der Waals surface area (Å²) < 4.78 is 6.09. The molecule has 0 saturated carbocycles. The van der Waals surface area contributed by atoms with E-state index in [9.17, 15) is 14.4 Å². The van der Waals surface area contributed by atoms with Gasteiger partial charge in [-0.15, -0.1) is 0 Å². The Morgan fingerprint density at radius 2 is 1.88 bits per heavy atom. The van der Waals surface area contributed by atoms with Gasteiger partial charge >= 0.3 is 5.69 Å². The molecule has 3 aromatic rings. The van der Waals surface area contributed by atoms with E-state index in [1.54, 1.807) is 12.1 Å². The first-order valence-corrected chi connectivity index (χ1v) is 7.70. The summed E-state index contributed by atoms with van der Waals surface area (Å²) in [5.74, 6) is -0.133. The Bertz CT molecular complexity index is 1010. The van der Waals surface area contributed by atoms with Crippen molar-refractivity contribution >= 4 is 11.6 Å². The number of furan rings is 1. The van der Waals surface area contributed by atoms with Crippen LogP contribution in [0, 0.1) is 13.8 Å². The largest absolute Gasteiger partial charge is 0.467 e. The molecule has 7 heteroatoms. The summed E-state index contributed by atoms with van der Waals surface area (Å²) in [7, 11) is 0. The standard InChI is InChI=1S/C18H17N3O4/c1-11-5-3-6-12(2)15(11)20-16(22)14-9-19-18(24)21(17(14)23)10-13-7-4-8-25-13/h3-9H,10H2,1-2H3,(H,19,24)(H,20,22). The predicted octanol–water partition coefficient (Wildman–Crippen LogP) is 2.05. The van der Waals surface area contributed by atoms with E-state index in [1.165, 1.54) is 6.26 Å². The number of carbonyl (C=O) groups is 1. The number of amides is 1. The Hall–Kier alpha value is -3.35. The summed E-state index contributed by atoms with van der Waals surface area (Å²) >= 11 is 0. The minimum atomic E-state index is -0.677. The van der Waals surface area contributed by atoms with Crippen LogP contribution in [0.5, 0.6) is 0 Å². The Kier molecular flexibility index (Phi) is 4.38. The van der Waals surface area contributed by atoms with Gasteiger partial charge in [0.2, 0.25) is 0 Å². The van der Waals surface area contributed by atoms with Crippen LogP contribution in [0.1, 0.15) is 27.2 Å². The van der Waals surface area contributed by atoms with Crippen LogP contribution in [0.2, 0.25) is 0 Å². The first kappa shape index (κ1) is 16.5. The molecule has 0 spiro atoms. The number of hydrogen-bond donors (Lipinski definition) is 2. The van der Waals surface area contributed by atoms with E-state index in [4.69, 9.17) is 4.42 Å². The van der Waals surface area contributed by atoms with Crippen LogP contribution in [0.15, 0.2) is 56.8 Å². The number of aromatic nitrogens is 2. The van der Waals surface area contributed by atoms with Crippen LogP contribution in [0.4, 0.5) is 5.69 Å². The molecular formula is C18H17N3O4. The van der Waals surface area contributed by atoms with Gasteiger partial charge in [0.1, 0.15) is 11.3 Å². The molecule has 0 radical (unpaired) electrons. The lowest BCUT2D eigenvalue weighted by molar-refractivity contribution is 0.102. The van der Waals surface area contributed by atoms with Crippen LogP contribution in [0.25, 0.3) is 0 Å². The Morgan fingerprint density at radius 1 is 1.16 bits per heavy atom. The van der Waals surface area contributed by atoms with Crippen molar-refractivity contribution in [2.45, 2.75) is 20.4 Å². The molecule has 2 aromatic heterocycles. The minimum Gasteiger partial charge on any atom is -0.467 e. The van der Waals surface area contributed by atoms with Crippen LogP contribution >= 0.6 is 0 Å². The molecule has 0 bridgehead atoms. The summed E-state index contributed by atoms with van der Waals surface area (Å²) in [5.41, 5.74) is 0.987. The lowest BCUT2D eigenvalue weighted by Crippen LogP contribution is -2.39. The third-order valence-electron chi connectivity index (χ3n) is 3.92. The highest BCUT2D eigenvalue weighted by atomic mass is 16.3. The smallest absolute Gasteiger partial charge is 0.328 e. The molecule has 0 atom stereocenters. The maximum absolute atomic E-state index is 12.6. The van der Waals surface area contributed by atoms with Gasteiger partial charge in [0.15, 0.2) is 0 Å². The summed E-state index contributed by atoms with van der Waals surface area (Å²) in [6.07, 6.45) is 2.58. The average Bonchev–Trinajstić information content (AvgIpc) is 3.08. The van der Waals surface area contributed by atoms with Gasteiger partial charge in [0.25, 0.3) is 11.5 Å². The van der Waals surface area contributed by atoms with Crippen LogP contribution in [-0.2, 0) is 6.54 Å². The molecule has 0 fully saturated rings. The van der Waals surface area contributed by atoms with Crippen molar-refractivity contribution in [3.8, 4) is 0 Å². The maximum atomic E-state index is 12.6. The molecule has 0 saturated heterocycles. The Labute approximate surface area is 142 Å². The second kappa shape index (κ2) is 6.64. The van der Waals surface area contributed by atoms with Crippen LogP contribution < -0.4 is 16.6 Å². The lowest BCUT2D eigenvalue weighted by atomic mass is 10.1. The fourth-order valence-electron chi connectivity index (χ4n) is 2.57. The molecule has 7 nitrogen and oxygen atoms in total.